The molecule has 0 rings (SSSR count). The molecule has 0 aliphatic rings. The highest BCUT2D eigenvalue weighted by molar-refractivity contribution is 7.47. The van der Waals surface area contributed by atoms with Crippen molar-refractivity contribution in [3.05, 3.63) is 0 Å². The van der Waals surface area contributed by atoms with Crippen molar-refractivity contribution in [2.45, 2.75) is 399 Å². The molecule has 0 aliphatic carbocycles. The molecule has 19 heteroatoms. The molecular formula is C72H140O17P2. The largest absolute Gasteiger partial charge is 0.472 e. The van der Waals surface area contributed by atoms with E-state index in [1.165, 1.54) is 205 Å². The number of aliphatic hydroxyl groups excluding tert-OH is 1. The molecule has 0 fully saturated rings. The van der Waals surface area contributed by atoms with Gasteiger partial charge >= 0.3 is 39.5 Å². The van der Waals surface area contributed by atoms with Gasteiger partial charge in [-0.05, 0) is 25.7 Å². The van der Waals surface area contributed by atoms with Crippen molar-refractivity contribution in [3.63, 3.8) is 0 Å². The molecule has 3 N–H and O–H groups in total. The lowest BCUT2D eigenvalue weighted by molar-refractivity contribution is -0.161. The van der Waals surface area contributed by atoms with Crippen LogP contribution in [0.3, 0.4) is 0 Å². The summed E-state index contributed by atoms with van der Waals surface area (Å²) in [5.74, 6) is -2.12. The van der Waals surface area contributed by atoms with Crippen LogP contribution in [0.15, 0.2) is 0 Å². The van der Waals surface area contributed by atoms with Gasteiger partial charge in [-0.2, -0.15) is 0 Å². The van der Waals surface area contributed by atoms with Gasteiger partial charge < -0.3 is 33.8 Å². The Morgan fingerprint density at radius 1 is 0.264 bits per heavy atom. The van der Waals surface area contributed by atoms with E-state index in [1.807, 2.05) is 0 Å². The van der Waals surface area contributed by atoms with E-state index in [1.54, 1.807) is 0 Å². The third-order valence-electron chi connectivity index (χ3n) is 16.9. The Bertz CT molecular complexity index is 1740. The number of rotatable bonds is 73. The highest BCUT2D eigenvalue weighted by Crippen LogP contribution is 2.45. The zero-order valence-corrected chi connectivity index (χ0v) is 60.6. The molecule has 91 heavy (non-hydrogen) atoms. The van der Waals surface area contributed by atoms with Crippen molar-refractivity contribution in [1.82, 2.24) is 0 Å². The quantitative estimate of drug-likeness (QED) is 0.0222. The Kier molecular flexibility index (Phi) is 65.2. The maximum absolute atomic E-state index is 13.0. The average molecular weight is 1340 g/mol. The van der Waals surface area contributed by atoms with Crippen molar-refractivity contribution < 1.29 is 80.2 Å². The summed E-state index contributed by atoms with van der Waals surface area (Å²) in [5.41, 5.74) is 0. The van der Waals surface area contributed by atoms with Gasteiger partial charge in [0.15, 0.2) is 12.2 Å². The summed E-state index contributed by atoms with van der Waals surface area (Å²) in [6.45, 7) is 4.91. The molecule has 17 nitrogen and oxygen atoms in total. The van der Waals surface area contributed by atoms with Crippen molar-refractivity contribution >= 4 is 39.5 Å². The molecule has 2 unspecified atom stereocenters. The molecule has 0 radical (unpaired) electrons. The summed E-state index contributed by atoms with van der Waals surface area (Å²) >= 11 is 0. The van der Waals surface area contributed by atoms with Gasteiger partial charge in [-0.15, -0.1) is 0 Å². The number of hydrogen-bond donors (Lipinski definition) is 3. The molecule has 0 aromatic carbocycles. The maximum Gasteiger partial charge on any atom is 0.472 e. The van der Waals surface area contributed by atoms with Crippen LogP contribution in [-0.2, 0) is 65.4 Å². The highest BCUT2D eigenvalue weighted by atomic mass is 31.2. The first-order chi connectivity index (χ1) is 44.2. The van der Waals surface area contributed by atoms with E-state index >= 15 is 0 Å². The molecule has 0 aromatic rings. The first-order valence-corrected chi connectivity index (χ1v) is 40.8. The van der Waals surface area contributed by atoms with E-state index in [0.717, 1.165) is 96.3 Å². The van der Waals surface area contributed by atoms with Crippen LogP contribution in [0, 0.1) is 0 Å². The average Bonchev–Trinajstić information content (AvgIpc) is 3.54. The number of hydrogen-bond acceptors (Lipinski definition) is 15. The van der Waals surface area contributed by atoms with Gasteiger partial charge in [0.25, 0.3) is 0 Å². The lowest BCUT2D eigenvalue weighted by atomic mass is 10.0. The van der Waals surface area contributed by atoms with Gasteiger partial charge in [0.2, 0.25) is 0 Å². The SMILES string of the molecule is CCCCCCCCCCCCCCCCCCCCCCCCC(=O)O[C@H](COC(=O)CCCCCCCCCCCCC)COP(=O)(O)OC[C@@H](O)COP(=O)(O)OC[C@@H](COC(=O)CCCCCCCCCC)OC(=O)CCCCCCCCCCCC. The summed E-state index contributed by atoms with van der Waals surface area (Å²) in [4.78, 5) is 72.4. The second kappa shape index (κ2) is 66.7. The van der Waals surface area contributed by atoms with E-state index in [-0.39, 0.29) is 25.7 Å². The zero-order chi connectivity index (χ0) is 66.8. The van der Waals surface area contributed by atoms with E-state index in [0.29, 0.717) is 25.7 Å². The summed E-state index contributed by atoms with van der Waals surface area (Å²) in [5, 5.41) is 10.6. The Morgan fingerprint density at radius 3 is 0.648 bits per heavy atom. The maximum atomic E-state index is 13.0. The molecule has 0 spiro atoms. The molecule has 0 saturated carbocycles. The monoisotopic (exact) mass is 1340 g/mol. The molecular weight excluding hydrogens is 1200 g/mol. The predicted molar refractivity (Wildman–Crippen MR) is 368 cm³/mol. The molecule has 5 atom stereocenters. The van der Waals surface area contributed by atoms with Gasteiger partial charge in [-0.3, -0.25) is 37.3 Å². The van der Waals surface area contributed by atoms with Crippen LogP contribution in [0.5, 0.6) is 0 Å². The van der Waals surface area contributed by atoms with Crippen LogP contribution in [0.4, 0.5) is 0 Å². The van der Waals surface area contributed by atoms with Crippen molar-refractivity contribution in [2.75, 3.05) is 39.6 Å². The Morgan fingerprint density at radius 2 is 0.440 bits per heavy atom. The topological polar surface area (TPSA) is 237 Å². The van der Waals surface area contributed by atoms with Crippen LogP contribution in [0.2, 0.25) is 0 Å². The highest BCUT2D eigenvalue weighted by Gasteiger charge is 2.30. The molecule has 0 aliphatic heterocycles. The number of esters is 4. The normalized spacial score (nSPS) is 14.0. The number of unbranched alkanes of at least 4 members (excludes halogenated alkanes) is 47. The summed E-state index contributed by atoms with van der Waals surface area (Å²) in [7, 11) is -9.89. The standard InChI is InChI=1S/C72H140O17P2/c1-5-9-13-17-21-25-28-29-30-31-32-33-34-35-36-37-38-40-43-47-51-55-59-72(77)89-68(63-83-70(75)57-53-49-45-42-39-26-22-18-14-10-6-2)65-87-91(80,81)85-61-66(73)60-84-90(78,79)86-64-67(62-82-69(74)56-52-48-44-24-20-16-12-8-4)88-71(76)58-54-50-46-41-27-23-19-15-11-7-3/h66-68,73H,5-65H2,1-4H3,(H,78,79)(H,80,81)/t66-,67+,68+/m0/s1. The number of phosphoric acid groups is 2. The molecule has 540 valence electrons. The van der Waals surface area contributed by atoms with Gasteiger partial charge in [0, 0.05) is 25.7 Å². The lowest BCUT2D eigenvalue weighted by Gasteiger charge is -2.21. The summed E-state index contributed by atoms with van der Waals surface area (Å²) in [6, 6.07) is 0. The zero-order valence-electron chi connectivity index (χ0n) is 58.8. The molecule has 0 bridgehead atoms. The Balaban J connectivity index is 5.11. The van der Waals surface area contributed by atoms with Crippen molar-refractivity contribution in [3.8, 4) is 0 Å². The van der Waals surface area contributed by atoms with Crippen LogP contribution >= 0.6 is 15.6 Å². The fourth-order valence-electron chi connectivity index (χ4n) is 11.0. The number of ether oxygens (including phenoxy) is 4. The number of phosphoric ester groups is 2. The van der Waals surface area contributed by atoms with Gasteiger partial charge in [0.1, 0.15) is 19.3 Å². The van der Waals surface area contributed by atoms with E-state index in [4.69, 9.17) is 37.0 Å². The van der Waals surface area contributed by atoms with Gasteiger partial charge in [-0.1, -0.05) is 329 Å². The first kappa shape index (κ1) is 89.1. The minimum atomic E-state index is -4.95. The third-order valence-corrected chi connectivity index (χ3v) is 18.8. The predicted octanol–water partition coefficient (Wildman–Crippen LogP) is 21.1. The van der Waals surface area contributed by atoms with E-state index in [9.17, 15) is 43.2 Å². The van der Waals surface area contributed by atoms with Crippen LogP contribution in [0.1, 0.15) is 381 Å². The van der Waals surface area contributed by atoms with Gasteiger partial charge in [-0.25, -0.2) is 9.13 Å². The van der Waals surface area contributed by atoms with E-state index in [2.05, 4.69) is 27.7 Å². The van der Waals surface area contributed by atoms with Crippen LogP contribution < -0.4 is 0 Å². The third kappa shape index (κ3) is 66.5. The minimum absolute atomic E-state index is 0.107. The number of carbonyl (C=O) groups excluding carboxylic acids is 4. The first-order valence-electron chi connectivity index (χ1n) is 37.8. The summed E-state index contributed by atoms with van der Waals surface area (Å²) in [6.07, 6.45) is 55.7. The van der Waals surface area contributed by atoms with Crippen LogP contribution in [0.25, 0.3) is 0 Å². The van der Waals surface area contributed by atoms with Crippen LogP contribution in [-0.4, -0.2) is 96.7 Å². The van der Waals surface area contributed by atoms with Crippen molar-refractivity contribution in [2.24, 2.45) is 0 Å². The Labute approximate surface area is 556 Å². The minimum Gasteiger partial charge on any atom is -0.462 e. The lowest BCUT2D eigenvalue weighted by Crippen LogP contribution is -2.30. The van der Waals surface area contributed by atoms with Crippen molar-refractivity contribution in [1.29, 1.82) is 0 Å². The molecule has 0 amide bonds. The second-order valence-electron chi connectivity index (χ2n) is 26.0. The number of aliphatic hydroxyl groups is 1. The Hall–Kier alpha value is -1.94. The van der Waals surface area contributed by atoms with Gasteiger partial charge in [0.05, 0.1) is 26.4 Å². The number of carbonyl (C=O) groups is 4. The smallest absolute Gasteiger partial charge is 0.462 e. The summed E-state index contributed by atoms with van der Waals surface area (Å²) < 4.78 is 68.2. The fourth-order valence-corrected chi connectivity index (χ4v) is 12.6. The van der Waals surface area contributed by atoms with E-state index < -0.39 is 97.5 Å². The molecule has 0 aromatic heterocycles. The molecule has 0 saturated heterocycles. The molecule has 0 heterocycles. The second-order valence-corrected chi connectivity index (χ2v) is 28.9. The fraction of sp³-hybridized carbons (Fsp3) is 0.944.